The molecule has 3 aromatic carbocycles. The van der Waals surface area contributed by atoms with Crippen molar-refractivity contribution in [3.05, 3.63) is 95.6 Å². The van der Waals surface area contributed by atoms with Crippen molar-refractivity contribution < 1.29 is 19.2 Å². The van der Waals surface area contributed by atoms with E-state index >= 15 is 0 Å². The maximum absolute atomic E-state index is 14.6. The molecule has 0 aromatic heterocycles. The zero-order valence-corrected chi connectivity index (χ0v) is 26.4. The third-order valence-electron chi connectivity index (χ3n) is 11.7. The molecule has 6 aliphatic heterocycles. The van der Waals surface area contributed by atoms with Crippen molar-refractivity contribution in [3.63, 3.8) is 0 Å². The van der Waals surface area contributed by atoms with Crippen LogP contribution in [0.1, 0.15) is 49.8 Å². The highest BCUT2D eigenvalue weighted by Crippen LogP contribution is 2.68. The highest BCUT2D eigenvalue weighted by atomic mass is 16.2. The monoisotopic (exact) mass is 630 g/mol. The van der Waals surface area contributed by atoms with E-state index in [1.807, 2.05) is 66.7 Å². The van der Waals surface area contributed by atoms with Gasteiger partial charge in [0.1, 0.15) is 36.5 Å². The fourth-order valence-corrected chi connectivity index (χ4v) is 10.0. The topological polar surface area (TPSA) is 123 Å². The number of nitrogens with zero attached hydrogens (tertiary/aromatic N) is 2. The van der Waals surface area contributed by atoms with Crippen LogP contribution in [0.4, 0.5) is 11.4 Å². The van der Waals surface area contributed by atoms with Crippen molar-refractivity contribution >= 4 is 35.0 Å². The van der Waals surface area contributed by atoms with Crippen molar-refractivity contribution in [3.8, 4) is 0 Å². The molecule has 4 N–H and O–H groups in total. The van der Waals surface area contributed by atoms with Gasteiger partial charge in [-0.05, 0) is 54.0 Å². The number of piperazine rings is 2. The summed E-state index contributed by atoms with van der Waals surface area (Å²) in [5.41, 5.74) is 3.15. The molecule has 10 nitrogen and oxygen atoms in total. The summed E-state index contributed by atoms with van der Waals surface area (Å²) >= 11 is 0. The van der Waals surface area contributed by atoms with E-state index < -0.39 is 47.3 Å². The van der Waals surface area contributed by atoms with Crippen molar-refractivity contribution in [2.45, 2.75) is 86.9 Å². The van der Waals surface area contributed by atoms with E-state index in [1.54, 1.807) is 9.80 Å². The number of benzene rings is 3. The SMILES string of the molecule is CC(C)C[C@@H]1NC(=O)[C@@H]2C[C@]3([C@@]45C[C@H]6C(=O)N[C@@H](Cc7ccccc7)C(=O)N6C4Nc4ccccc45)c4ccccc4N[C@@H]3N2C1=O. The van der Waals surface area contributed by atoms with Crippen LogP contribution in [0.5, 0.6) is 0 Å². The maximum Gasteiger partial charge on any atom is 0.247 e. The van der Waals surface area contributed by atoms with Gasteiger partial charge in [-0.3, -0.25) is 19.2 Å². The zero-order valence-electron chi connectivity index (χ0n) is 26.4. The molecular formula is C37H38N6O4. The Morgan fingerprint density at radius 3 is 1.64 bits per heavy atom. The molecule has 47 heavy (non-hydrogen) atoms. The quantitative estimate of drug-likeness (QED) is 0.344. The van der Waals surface area contributed by atoms with Crippen LogP contribution >= 0.6 is 0 Å². The van der Waals surface area contributed by atoms with Crippen molar-refractivity contribution in [1.82, 2.24) is 20.4 Å². The van der Waals surface area contributed by atoms with Crippen molar-refractivity contribution in [1.29, 1.82) is 0 Å². The maximum atomic E-state index is 14.6. The first-order valence-electron chi connectivity index (χ1n) is 16.8. The van der Waals surface area contributed by atoms with Gasteiger partial charge in [-0.2, -0.15) is 0 Å². The number of hydrogen-bond donors (Lipinski definition) is 4. The number of amides is 4. The second-order valence-electron chi connectivity index (χ2n) is 14.5. The summed E-state index contributed by atoms with van der Waals surface area (Å²) in [6, 6.07) is 23.2. The second-order valence-corrected chi connectivity index (χ2v) is 14.5. The molecule has 0 bridgehead atoms. The Kier molecular flexibility index (Phi) is 5.93. The van der Waals surface area contributed by atoms with Crippen LogP contribution in [0, 0.1) is 5.92 Å². The minimum absolute atomic E-state index is 0.0878. The summed E-state index contributed by atoms with van der Waals surface area (Å²) in [6.45, 7) is 4.10. The van der Waals surface area contributed by atoms with Crippen LogP contribution < -0.4 is 21.3 Å². The van der Waals surface area contributed by atoms with Gasteiger partial charge in [0.2, 0.25) is 23.6 Å². The van der Waals surface area contributed by atoms with Crippen LogP contribution in [0.3, 0.4) is 0 Å². The van der Waals surface area contributed by atoms with Gasteiger partial charge in [0.25, 0.3) is 0 Å². The highest BCUT2D eigenvalue weighted by Gasteiger charge is 2.78. The number of fused-ring (bicyclic) bond motifs is 11. The Bertz CT molecular complexity index is 1850. The van der Waals surface area contributed by atoms with Crippen LogP contribution in [0.15, 0.2) is 78.9 Å². The molecule has 3 aromatic rings. The standard InChI is InChI=1S/C37H38N6O4/c1-20(2)16-26-32(46)42-28(30(44)38-26)18-36(22-12-6-8-14-24(22)40-34(36)42)37-19-29-31(45)39-27(17-21-10-4-3-5-11-21)33(47)43(29)35(37)41-25-15-9-7-13-23(25)37/h3-15,20,26-29,34-35,40-41H,16-19H2,1-2H3,(H,38,44)(H,39,45)/t26-,27-,28-,29-,34+,35?,36-,37+/m0/s1. The van der Waals surface area contributed by atoms with Gasteiger partial charge in [0.05, 0.1) is 10.8 Å². The van der Waals surface area contributed by atoms with Crippen LogP contribution in [0.25, 0.3) is 0 Å². The van der Waals surface area contributed by atoms with E-state index in [0.717, 1.165) is 28.1 Å². The third-order valence-corrected chi connectivity index (χ3v) is 11.7. The number of hydrogen-bond acceptors (Lipinski definition) is 6. The lowest BCUT2D eigenvalue weighted by Crippen LogP contribution is -2.66. The van der Waals surface area contributed by atoms with Crippen molar-refractivity contribution in [2.75, 3.05) is 10.6 Å². The lowest BCUT2D eigenvalue weighted by molar-refractivity contribution is -0.149. The number of carbonyl (C=O) groups excluding carboxylic acids is 4. The molecule has 10 heteroatoms. The summed E-state index contributed by atoms with van der Waals surface area (Å²) in [6.07, 6.45) is 0.545. The van der Waals surface area contributed by atoms with Crippen LogP contribution in [-0.2, 0) is 36.4 Å². The molecule has 4 fully saturated rings. The molecule has 4 saturated heterocycles. The molecule has 0 spiro atoms. The number of para-hydroxylation sites is 2. The number of rotatable bonds is 5. The lowest BCUT2D eigenvalue weighted by Gasteiger charge is -2.48. The Morgan fingerprint density at radius 1 is 0.638 bits per heavy atom. The second kappa shape index (κ2) is 9.82. The minimum atomic E-state index is -0.835. The largest absolute Gasteiger partial charge is 0.364 e. The lowest BCUT2D eigenvalue weighted by atomic mass is 9.54. The van der Waals surface area contributed by atoms with E-state index in [-0.39, 0.29) is 29.5 Å². The molecule has 1 unspecified atom stereocenters. The van der Waals surface area contributed by atoms with Gasteiger partial charge in [0.15, 0.2) is 0 Å². The van der Waals surface area contributed by atoms with Gasteiger partial charge >= 0.3 is 0 Å². The smallest absolute Gasteiger partial charge is 0.247 e. The first-order chi connectivity index (χ1) is 22.7. The first-order valence-corrected chi connectivity index (χ1v) is 16.8. The minimum Gasteiger partial charge on any atom is -0.364 e. The summed E-state index contributed by atoms with van der Waals surface area (Å²) in [7, 11) is 0. The van der Waals surface area contributed by atoms with Gasteiger partial charge in [-0.15, -0.1) is 0 Å². The van der Waals surface area contributed by atoms with Gasteiger partial charge in [0, 0.05) is 17.8 Å². The fraction of sp³-hybridized carbons (Fsp3) is 0.405. The van der Waals surface area contributed by atoms with Gasteiger partial charge in [-0.1, -0.05) is 80.6 Å². The van der Waals surface area contributed by atoms with Gasteiger partial charge in [-0.25, -0.2) is 0 Å². The zero-order chi connectivity index (χ0) is 32.2. The van der Waals surface area contributed by atoms with E-state index in [2.05, 4.69) is 47.2 Å². The summed E-state index contributed by atoms with van der Waals surface area (Å²) in [5.74, 6) is -0.320. The molecular weight excluding hydrogens is 592 g/mol. The van der Waals surface area contributed by atoms with E-state index in [9.17, 15) is 19.2 Å². The number of nitrogens with one attached hydrogen (secondary N) is 4. The summed E-state index contributed by atoms with van der Waals surface area (Å²) in [5, 5.41) is 13.6. The predicted octanol–water partition coefficient (Wildman–Crippen LogP) is 2.85. The van der Waals surface area contributed by atoms with Gasteiger partial charge < -0.3 is 31.1 Å². The predicted molar refractivity (Wildman–Crippen MR) is 175 cm³/mol. The fourth-order valence-electron chi connectivity index (χ4n) is 10.0. The van der Waals surface area contributed by atoms with Crippen molar-refractivity contribution in [2.24, 2.45) is 5.92 Å². The van der Waals surface area contributed by atoms with Crippen LogP contribution in [-0.4, -0.2) is 69.9 Å². The van der Waals surface area contributed by atoms with E-state index in [1.165, 1.54) is 0 Å². The molecule has 0 radical (unpaired) electrons. The molecule has 8 atom stereocenters. The third kappa shape index (κ3) is 3.61. The molecule has 0 aliphatic carbocycles. The van der Waals surface area contributed by atoms with E-state index in [0.29, 0.717) is 25.7 Å². The number of carbonyl (C=O) groups is 4. The average Bonchev–Trinajstić information content (AvgIpc) is 3.77. The highest BCUT2D eigenvalue weighted by molar-refractivity contribution is 6.01. The molecule has 4 amide bonds. The Hall–Kier alpha value is -4.86. The average molecular weight is 631 g/mol. The Balaban J connectivity index is 1.22. The Morgan fingerprint density at radius 2 is 1.11 bits per heavy atom. The normalized spacial score (nSPS) is 34.4. The molecule has 9 rings (SSSR count). The molecule has 6 aliphatic rings. The molecule has 0 saturated carbocycles. The summed E-state index contributed by atoms with van der Waals surface area (Å²) < 4.78 is 0. The summed E-state index contributed by atoms with van der Waals surface area (Å²) in [4.78, 5) is 60.6. The Labute approximate surface area is 273 Å². The number of anilines is 2. The molecule has 6 heterocycles. The van der Waals surface area contributed by atoms with Crippen LogP contribution in [0.2, 0.25) is 0 Å². The van der Waals surface area contributed by atoms with E-state index in [4.69, 9.17) is 0 Å². The first kappa shape index (κ1) is 28.4. The molecule has 240 valence electrons.